The minimum Gasteiger partial charge on any atom is -0.351 e. The molecule has 0 unspecified atom stereocenters. The maximum Gasteiger partial charge on any atom is 0.320 e. The van der Waals surface area contributed by atoms with Crippen LogP contribution in [0.4, 0.5) is 14.5 Å². The first-order chi connectivity index (χ1) is 15.3. The van der Waals surface area contributed by atoms with Gasteiger partial charge in [-0.25, -0.2) is 9.37 Å². The summed E-state index contributed by atoms with van der Waals surface area (Å²) in [4.78, 5) is 40.9. The largest absolute Gasteiger partial charge is 0.351 e. The van der Waals surface area contributed by atoms with Crippen molar-refractivity contribution in [2.45, 2.75) is 45.6 Å². The van der Waals surface area contributed by atoms with Crippen molar-refractivity contribution in [1.29, 1.82) is 0 Å². The number of pyridine rings is 1. The Bertz CT molecular complexity index is 1040. The van der Waals surface area contributed by atoms with Gasteiger partial charge in [-0.15, -0.1) is 0 Å². The highest BCUT2D eigenvalue weighted by molar-refractivity contribution is 5.98. The van der Waals surface area contributed by atoms with Gasteiger partial charge in [-0.1, -0.05) is 32.3 Å². The van der Waals surface area contributed by atoms with Crippen LogP contribution in [0.25, 0.3) is 0 Å². The first-order valence-corrected chi connectivity index (χ1v) is 10.5. The van der Waals surface area contributed by atoms with Gasteiger partial charge in [0.25, 0.3) is 11.8 Å². The van der Waals surface area contributed by atoms with Crippen LogP contribution < -0.4 is 5.32 Å². The lowest BCUT2D eigenvalue weighted by Crippen LogP contribution is -2.37. The number of nitro benzene ring substituents is 1. The number of nitrogens with zero attached hydrogens (tertiary/aromatic N) is 3. The summed E-state index contributed by atoms with van der Waals surface area (Å²) in [5.41, 5.74) is -0.0497. The fourth-order valence-electron chi connectivity index (χ4n) is 3.62. The van der Waals surface area contributed by atoms with Crippen molar-refractivity contribution in [2.75, 3.05) is 13.1 Å². The Balaban J connectivity index is 1.70. The zero-order valence-corrected chi connectivity index (χ0v) is 17.7. The molecule has 0 radical (unpaired) electrons. The lowest BCUT2D eigenvalue weighted by molar-refractivity contribution is -0.388. The minimum absolute atomic E-state index is 0.0935. The zero-order valence-electron chi connectivity index (χ0n) is 17.7. The van der Waals surface area contributed by atoms with E-state index in [2.05, 4.69) is 17.2 Å². The number of unbranched alkanes of at least 4 members (excludes halogenated alkanes) is 3. The zero-order chi connectivity index (χ0) is 23.3. The Morgan fingerprint density at radius 2 is 1.97 bits per heavy atom. The Labute approximate surface area is 183 Å². The third-order valence-electron chi connectivity index (χ3n) is 5.37. The van der Waals surface area contributed by atoms with Gasteiger partial charge < -0.3 is 10.2 Å². The molecule has 2 amide bonds. The fourth-order valence-corrected chi connectivity index (χ4v) is 3.62. The summed E-state index contributed by atoms with van der Waals surface area (Å²) >= 11 is 0. The summed E-state index contributed by atoms with van der Waals surface area (Å²) in [5.74, 6) is -4.08. The number of amides is 2. The minimum atomic E-state index is -1.66. The molecular weight excluding hydrogens is 422 g/mol. The van der Waals surface area contributed by atoms with Crippen LogP contribution in [0, 0.1) is 21.7 Å². The third-order valence-corrected chi connectivity index (χ3v) is 5.37. The Kier molecular flexibility index (Phi) is 7.45. The first kappa shape index (κ1) is 23.2. The van der Waals surface area contributed by atoms with E-state index >= 15 is 0 Å². The van der Waals surface area contributed by atoms with E-state index < -0.39 is 33.7 Å². The van der Waals surface area contributed by atoms with Gasteiger partial charge >= 0.3 is 5.69 Å². The topological polar surface area (TPSA) is 105 Å². The molecule has 0 saturated carbocycles. The highest BCUT2D eigenvalue weighted by Crippen LogP contribution is 2.28. The number of nitrogens with one attached hydrogen (secondary N) is 1. The summed E-state index contributed by atoms with van der Waals surface area (Å²) in [6, 6.07) is 4.87. The number of nitro groups is 1. The standard InChI is InChI=1S/C22H24F2N4O4/c1-2-3-4-5-11-25-21(29)18-9-6-14-13-27(12-10-17(14)26-18)22(30)15-7-8-16(23)19(24)20(15)28(31)32/h6-9H,2-5,10-13H2,1H3,(H,25,29). The Morgan fingerprint density at radius 3 is 2.69 bits per heavy atom. The monoisotopic (exact) mass is 446 g/mol. The molecule has 0 saturated heterocycles. The van der Waals surface area contributed by atoms with E-state index in [1.54, 1.807) is 12.1 Å². The summed E-state index contributed by atoms with van der Waals surface area (Å²) in [6.45, 7) is 2.96. The average molecular weight is 446 g/mol. The van der Waals surface area contributed by atoms with Crippen molar-refractivity contribution in [1.82, 2.24) is 15.2 Å². The SMILES string of the molecule is CCCCCCNC(=O)c1ccc2c(n1)CCN(C(=O)c1ccc(F)c(F)c1[N+](=O)[O-])C2. The molecule has 32 heavy (non-hydrogen) atoms. The van der Waals surface area contributed by atoms with E-state index in [0.29, 0.717) is 30.3 Å². The summed E-state index contributed by atoms with van der Waals surface area (Å²) in [7, 11) is 0. The second-order valence-corrected chi connectivity index (χ2v) is 7.61. The second-order valence-electron chi connectivity index (χ2n) is 7.61. The summed E-state index contributed by atoms with van der Waals surface area (Å²) in [6.07, 6.45) is 4.52. The molecule has 170 valence electrons. The molecule has 0 spiro atoms. The average Bonchev–Trinajstić information content (AvgIpc) is 2.79. The second kappa shape index (κ2) is 10.3. The molecule has 0 bridgehead atoms. The predicted octanol–water partition coefficient (Wildman–Crippen LogP) is 3.78. The molecule has 1 N–H and O–H groups in total. The van der Waals surface area contributed by atoms with Gasteiger partial charge in [0.15, 0.2) is 5.82 Å². The van der Waals surface area contributed by atoms with Crippen LogP contribution in [0.15, 0.2) is 24.3 Å². The lowest BCUT2D eigenvalue weighted by Gasteiger charge is -2.28. The normalized spacial score (nSPS) is 12.9. The quantitative estimate of drug-likeness (QED) is 0.377. The molecule has 2 heterocycles. The van der Waals surface area contributed by atoms with Gasteiger partial charge in [0.2, 0.25) is 5.82 Å². The maximum absolute atomic E-state index is 13.9. The Hall–Kier alpha value is -3.43. The third kappa shape index (κ3) is 5.06. The van der Waals surface area contributed by atoms with E-state index in [9.17, 15) is 28.5 Å². The number of carbonyl (C=O) groups is 2. The van der Waals surface area contributed by atoms with E-state index in [0.717, 1.165) is 31.7 Å². The smallest absolute Gasteiger partial charge is 0.320 e. The van der Waals surface area contributed by atoms with Crippen LogP contribution in [0.1, 0.15) is 64.7 Å². The molecule has 0 atom stereocenters. The van der Waals surface area contributed by atoms with Crippen molar-refractivity contribution in [3.8, 4) is 0 Å². The number of aromatic nitrogens is 1. The molecule has 0 aliphatic carbocycles. The van der Waals surface area contributed by atoms with E-state index in [4.69, 9.17) is 0 Å². The number of benzene rings is 1. The first-order valence-electron chi connectivity index (χ1n) is 10.5. The molecule has 10 heteroatoms. The van der Waals surface area contributed by atoms with Gasteiger partial charge in [0, 0.05) is 31.7 Å². The number of rotatable bonds is 8. The fraction of sp³-hybridized carbons (Fsp3) is 0.409. The molecule has 1 aromatic carbocycles. The maximum atomic E-state index is 13.9. The van der Waals surface area contributed by atoms with Crippen molar-refractivity contribution < 1.29 is 23.3 Å². The van der Waals surface area contributed by atoms with Crippen molar-refractivity contribution in [3.05, 3.63) is 68.5 Å². The molecule has 8 nitrogen and oxygen atoms in total. The van der Waals surface area contributed by atoms with Gasteiger partial charge in [-0.2, -0.15) is 4.39 Å². The molecule has 1 aliphatic rings. The van der Waals surface area contributed by atoms with Gasteiger partial charge in [-0.3, -0.25) is 19.7 Å². The van der Waals surface area contributed by atoms with E-state index in [1.807, 2.05) is 0 Å². The highest BCUT2D eigenvalue weighted by atomic mass is 19.2. The van der Waals surface area contributed by atoms with Crippen molar-refractivity contribution in [2.24, 2.45) is 0 Å². The molecular formula is C22H24F2N4O4. The van der Waals surface area contributed by atoms with Crippen LogP contribution in [0.5, 0.6) is 0 Å². The molecule has 3 rings (SSSR count). The van der Waals surface area contributed by atoms with Gasteiger partial charge in [0.05, 0.1) is 4.92 Å². The van der Waals surface area contributed by atoms with Crippen LogP contribution >= 0.6 is 0 Å². The van der Waals surface area contributed by atoms with Gasteiger partial charge in [0.1, 0.15) is 11.3 Å². The molecule has 1 aromatic heterocycles. The predicted molar refractivity (Wildman–Crippen MR) is 112 cm³/mol. The number of fused-ring (bicyclic) bond motifs is 1. The van der Waals surface area contributed by atoms with E-state index in [1.165, 1.54) is 4.90 Å². The molecule has 0 fully saturated rings. The summed E-state index contributed by atoms with van der Waals surface area (Å²) in [5, 5.41) is 14.0. The number of hydrogen-bond donors (Lipinski definition) is 1. The Morgan fingerprint density at radius 1 is 1.19 bits per heavy atom. The lowest BCUT2D eigenvalue weighted by atomic mass is 10.0. The van der Waals surface area contributed by atoms with Crippen LogP contribution in [0.2, 0.25) is 0 Å². The number of halogens is 2. The number of carbonyl (C=O) groups excluding carboxylic acids is 2. The number of hydrogen-bond acceptors (Lipinski definition) is 5. The van der Waals surface area contributed by atoms with Crippen molar-refractivity contribution in [3.63, 3.8) is 0 Å². The van der Waals surface area contributed by atoms with Crippen molar-refractivity contribution >= 4 is 17.5 Å². The summed E-state index contributed by atoms with van der Waals surface area (Å²) < 4.78 is 27.3. The molecule has 1 aliphatic heterocycles. The van der Waals surface area contributed by atoms with Crippen LogP contribution in [0.3, 0.4) is 0 Å². The van der Waals surface area contributed by atoms with Crippen LogP contribution in [-0.2, 0) is 13.0 Å². The highest BCUT2D eigenvalue weighted by Gasteiger charge is 2.32. The van der Waals surface area contributed by atoms with E-state index in [-0.39, 0.29) is 24.7 Å². The van der Waals surface area contributed by atoms with Gasteiger partial charge in [-0.05, 0) is 30.2 Å². The molecule has 2 aromatic rings. The van der Waals surface area contributed by atoms with Crippen LogP contribution in [-0.4, -0.2) is 39.7 Å².